The summed E-state index contributed by atoms with van der Waals surface area (Å²) in [7, 11) is 0. The predicted molar refractivity (Wildman–Crippen MR) is 81.5 cm³/mol. The van der Waals surface area contributed by atoms with E-state index in [1.54, 1.807) is 12.1 Å². The molecule has 4 heteroatoms. The van der Waals surface area contributed by atoms with Crippen molar-refractivity contribution in [1.82, 2.24) is 9.78 Å². The van der Waals surface area contributed by atoms with Crippen molar-refractivity contribution in [2.45, 2.75) is 39.2 Å². The summed E-state index contributed by atoms with van der Waals surface area (Å²) in [6.45, 7) is 3.15. The van der Waals surface area contributed by atoms with Crippen LogP contribution in [0.15, 0.2) is 30.6 Å². The molecule has 0 N–H and O–H groups in total. The van der Waals surface area contributed by atoms with Crippen molar-refractivity contribution in [3.63, 3.8) is 0 Å². The highest BCUT2D eigenvalue weighted by atomic mass is 35.5. The number of aromatic nitrogens is 2. The lowest BCUT2D eigenvalue weighted by molar-refractivity contribution is 0.541. The fourth-order valence-electron chi connectivity index (χ4n) is 2.14. The lowest BCUT2D eigenvalue weighted by atomic mass is 10.1. The first kappa shape index (κ1) is 14.6. The maximum Gasteiger partial charge on any atom is 0.0992 e. The molecular formula is C16H18ClN3. The third-order valence-corrected chi connectivity index (χ3v) is 3.60. The maximum atomic E-state index is 8.84. The molecule has 0 radical (unpaired) electrons. The molecular weight excluding hydrogens is 270 g/mol. The fraction of sp³-hybridized carbons (Fsp3) is 0.375. The number of aryl methyl sites for hydroxylation is 1. The van der Waals surface area contributed by atoms with Gasteiger partial charge in [0.2, 0.25) is 0 Å². The molecule has 2 rings (SSSR count). The van der Waals surface area contributed by atoms with Crippen molar-refractivity contribution in [3.8, 4) is 17.2 Å². The lowest BCUT2D eigenvalue weighted by Gasteiger charge is -2.02. The van der Waals surface area contributed by atoms with Gasteiger partial charge in [-0.05, 0) is 18.6 Å². The molecule has 0 saturated carbocycles. The Morgan fingerprint density at radius 2 is 2.15 bits per heavy atom. The van der Waals surface area contributed by atoms with E-state index in [1.165, 1.54) is 19.3 Å². The van der Waals surface area contributed by atoms with Gasteiger partial charge in [-0.1, -0.05) is 43.9 Å². The van der Waals surface area contributed by atoms with Crippen LogP contribution in [0.3, 0.4) is 0 Å². The number of halogens is 1. The van der Waals surface area contributed by atoms with E-state index in [9.17, 15) is 0 Å². The molecule has 0 aliphatic rings. The fourth-order valence-corrected chi connectivity index (χ4v) is 2.43. The maximum absolute atomic E-state index is 8.84. The van der Waals surface area contributed by atoms with E-state index in [2.05, 4.69) is 18.1 Å². The average Bonchev–Trinajstić information content (AvgIpc) is 2.92. The van der Waals surface area contributed by atoms with Crippen molar-refractivity contribution in [2.75, 3.05) is 0 Å². The zero-order chi connectivity index (χ0) is 14.4. The molecule has 0 aliphatic heterocycles. The van der Waals surface area contributed by atoms with Gasteiger partial charge in [0.25, 0.3) is 0 Å². The standard InChI is InChI=1S/C16H18ClN3/c1-2-3-4-5-8-20-12-14(11-19-20)15-7-6-13(10-18)9-16(15)17/h6-7,9,11-12H,2-5,8H2,1H3. The molecule has 0 saturated heterocycles. The summed E-state index contributed by atoms with van der Waals surface area (Å²) >= 11 is 6.21. The Morgan fingerprint density at radius 1 is 1.30 bits per heavy atom. The SMILES string of the molecule is CCCCCCn1cc(-c2ccc(C#N)cc2Cl)cn1. The number of benzene rings is 1. The van der Waals surface area contributed by atoms with Gasteiger partial charge in [-0.25, -0.2) is 0 Å². The van der Waals surface area contributed by atoms with Gasteiger partial charge >= 0.3 is 0 Å². The van der Waals surface area contributed by atoms with E-state index < -0.39 is 0 Å². The molecule has 104 valence electrons. The van der Waals surface area contributed by atoms with Crippen LogP contribution in [0.2, 0.25) is 5.02 Å². The summed E-state index contributed by atoms with van der Waals surface area (Å²) in [4.78, 5) is 0. The smallest absolute Gasteiger partial charge is 0.0992 e. The summed E-state index contributed by atoms with van der Waals surface area (Å²) in [5.74, 6) is 0. The van der Waals surface area contributed by atoms with Gasteiger partial charge in [0.15, 0.2) is 0 Å². The number of unbranched alkanes of at least 4 members (excludes halogenated alkanes) is 3. The molecule has 1 aromatic carbocycles. The van der Waals surface area contributed by atoms with Crippen LogP contribution in [0, 0.1) is 11.3 Å². The first-order valence-corrected chi connectivity index (χ1v) is 7.35. The summed E-state index contributed by atoms with van der Waals surface area (Å²) in [5, 5.41) is 13.8. The molecule has 0 bridgehead atoms. The van der Waals surface area contributed by atoms with Crippen molar-refractivity contribution in [1.29, 1.82) is 5.26 Å². The molecule has 1 aromatic heterocycles. The Balaban J connectivity index is 2.07. The number of nitriles is 1. The van der Waals surface area contributed by atoms with Crippen molar-refractivity contribution in [3.05, 3.63) is 41.2 Å². The Labute approximate surface area is 124 Å². The molecule has 0 fully saturated rings. The Morgan fingerprint density at radius 3 is 2.85 bits per heavy atom. The van der Waals surface area contributed by atoms with Gasteiger partial charge in [0.1, 0.15) is 0 Å². The van der Waals surface area contributed by atoms with Crippen LogP contribution in [0.1, 0.15) is 38.2 Å². The highest BCUT2D eigenvalue weighted by Gasteiger charge is 2.07. The van der Waals surface area contributed by atoms with Gasteiger partial charge in [0.05, 0.1) is 17.8 Å². The van der Waals surface area contributed by atoms with Crippen LogP contribution in [0.25, 0.3) is 11.1 Å². The number of nitrogens with zero attached hydrogens (tertiary/aromatic N) is 3. The van der Waals surface area contributed by atoms with Crippen LogP contribution < -0.4 is 0 Å². The van der Waals surface area contributed by atoms with Gasteiger partial charge in [-0.3, -0.25) is 4.68 Å². The predicted octanol–water partition coefficient (Wildman–Crippen LogP) is 4.66. The zero-order valence-electron chi connectivity index (χ0n) is 11.6. The van der Waals surface area contributed by atoms with E-state index in [0.29, 0.717) is 10.6 Å². The second-order valence-corrected chi connectivity index (χ2v) is 5.27. The molecule has 0 atom stereocenters. The minimum absolute atomic E-state index is 0.575. The van der Waals surface area contributed by atoms with Gasteiger partial charge in [0, 0.05) is 28.9 Å². The molecule has 0 aliphatic carbocycles. The largest absolute Gasteiger partial charge is 0.272 e. The minimum Gasteiger partial charge on any atom is -0.272 e. The van der Waals surface area contributed by atoms with E-state index >= 15 is 0 Å². The molecule has 20 heavy (non-hydrogen) atoms. The van der Waals surface area contributed by atoms with Crippen molar-refractivity contribution in [2.24, 2.45) is 0 Å². The van der Waals surface area contributed by atoms with Gasteiger partial charge in [-0.15, -0.1) is 0 Å². The average molecular weight is 288 g/mol. The zero-order valence-corrected chi connectivity index (χ0v) is 12.4. The molecule has 0 unspecified atom stereocenters. The molecule has 0 spiro atoms. The lowest BCUT2D eigenvalue weighted by Crippen LogP contribution is -1.97. The summed E-state index contributed by atoms with van der Waals surface area (Å²) in [6, 6.07) is 7.43. The molecule has 3 nitrogen and oxygen atoms in total. The first-order valence-electron chi connectivity index (χ1n) is 6.97. The third-order valence-electron chi connectivity index (χ3n) is 3.28. The van der Waals surface area contributed by atoms with E-state index in [-0.39, 0.29) is 0 Å². The van der Waals surface area contributed by atoms with Crippen LogP contribution >= 0.6 is 11.6 Å². The Kier molecular flexibility index (Phi) is 5.20. The first-order chi connectivity index (χ1) is 9.74. The topological polar surface area (TPSA) is 41.6 Å². The van der Waals surface area contributed by atoms with E-state index in [0.717, 1.165) is 24.1 Å². The number of hydrogen-bond acceptors (Lipinski definition) is 2. The van der Waals surface area contributed by atoms with Crippen LogP contribution in [0.5, 0.6) is 0 Å². The highest BCUT2D eigenvalue weighted by Crippen LogP contribution is 2.28. The Hall–Kier alpha value is -1.79. The highest BCUT2D eigenvalue weighted by molar-refractivity contribution is 6.33. The minimum atomic E-state index is 0.575. The number of rotatable bonds is 6. The third kappa shape index (κ3) is 3.61. The monoisotopic (exact) mass is 287 g/mol. The number of hydrogen-bond donors (Lipinski definition) is 0. The van der Waals surface area contributed by atoms with Gasteiger partial charge < -0.3 is 0 Å². The second-order valence-electron chi connectivity index (χ2n) is 4.86. The van der Waals surface area contributed by atoms with E-state index in [1.807, 2.05) is 23.1 Å². The normalized spacial score (nSPS) is 10.4. The molecule has 0 amide bonds. The van der Waals surface area contributed by atoms with Crippen molar-refractivity contribution < 1.29 is 0 Å². The summed E-state index contributed by atoms with van der Waals surface area (Å²) in [5.41, 5.74) is 2.49. The van der Waals surface area contributed by atoms with E-state index in [4.69, 9.17) is 16.9 Å². The quantitative estimate of drug-likeness (QED) is 0.725. The van der Waals surface area contributed by atoms with Crippen LogP contribution in [-0.4, -0.2) is 9.78 Å². The van der Waals surface area contributed by atoms with Gasteiger partial charge in [-0.2, -0.15) is 10.4 Å². The molecule has 2 aromatic rings. The molecule has 1 heterocycles. The summed E-state index contributed by atoms with van der Waals surface area (Å²) in [6.07, 6.45) is 8.74. The second kappa shape index (κ2) is 7.12. The Bertz CT molecular complexity index is 610. The van der Waals surface area contributed by atoms with Crippen LogP contribution in [-0.2, 0) is 6.54 Å². The van der Waals surface area contributed by atoms with Crippen molar-refractivity contribution >= 4 is 11.6 Å². The van der Waals surface area contributed by atoms with Crippen LogP contribution in [0.4, 0.5) is 0 Å². The summed E-state index contributed by atoms with van der Waals surface area (Å²) < 4.78 is 1.96.